The van der Waals surface area contributed by atoms with Crippen LogP contribution in [0.4, 0.5) is 17.6 Å². The summed E-state index contributed by atoms with van der Waals surface area (Å²) in [7, 11) is 0. The summed E-state index contributed by atoms with van der Waals surface area (Å²) < 4.78 is 51.2. The monoisotopic (exact) mass is 383 g/mol. The molecule has 2 aromatic rings. The highest BCUT2D eigenvalue weighted by atomic mass is 79.9. The van der Waals surface area contributed by atoms with E-state index in [1.165, 1.54) is 24.3 Å². The first-order chi connectivity index (χ1) is 9.80. The van der Waals surface area contributed by atoms with Crippen molar-refractivity contribution in [1.29, 1.82) is 0 Å². The fraction of sp³-hybridized carbons (Fsp3) is 0.308. The second-order valence-electron chi connectivity index (χ2n) is 4.32. The van der Waals surface area contributed by atoms with Crippen molar-refractivity contribution in [2.45, 2.75) is 6.18 Å². The van der Waals surface area contributed by atoms with Gasteiger partial charge in [0.15, 0.2) is 0 Å². The molecule has 0 unspecified atom stereocenters. The number of benzene rings is 1. The SMILES string of the molecule is O=C(c1cc2ccc(F)cc2s1)N(CCBr)CC(F)(F)F. The Kier molecular flexibility index (Phi) is 4.88. The first-order valence-corrected chi connectivity index (χ1v) is 7.85. The van der Waals surface area contributed by atoms with Crippen molar-refractivity contribution in [3.05, 3.63) is 35.0 Å². The molecule has 2 nitrogen and oxygen atoms in total. The third-order valence-corrected chi connectivity index (χ3v) is 4.15. The van der Waals surface area contributed by atoms with Gasteiger partial charge in [-0.1, -0.05) is 22.0 Å². The van der Waals surface area contributed by atoms with Crippen LogP contribution in [0.3, 0.4) is 0 Å². The maximum Gasteiger partial charge on any atom is 0.406 e. The topological polar surface area (TPSA) is 20.3 Å². The highest BCUT2D eigenvalue weighted by molar-refractivity contribution is 9.09. The van der Waals surface area contributed by atoms with Gasteiger partial charge in [0, 0.05) is 16.6 Å². The predicted molar refractivity (Wildman–Crippen MR) is 77.5 cm³/mol. The van der Waals surface area contributed by atoms with Gasteiger partial charge in [0.1, 0.15) is 12.4 Å². The molecule has 0 spiro atoms. The van der Waals surface area contributed by atoms with Crippen molar-refractivity contribution in [1.82, 2.24) is 4.90 Å². The molecule has 2 rings (SSSR count). The summed E-state index contributed by atoms with van der Waals surface area (Å²) in [4.78, 5) is 13.1. The maximum atomic E-state index is 13.1. The van der Waals surface area contributed by atoms with E-state index < -0.39 is 24.4 Å². The molecule has 1 heterocycles. The Morgan fingerprint density at radius 3 is 2.62 bits per heavy atom. The predicted octanol–water partition coefficient (Wildman–Crippen LogP) is 4.44. The number of halogens is 5. The van der Waals surface area contributed by atoms with E-state index >= 15 is 0 Å². The number of carbonyl (C=O) groups is 1. The van der Waals surface area contributed by atoms with Crippen molar-refractivity contribution in [2.24, 2.45) is 0 Å². The molecule has 0 aliphatic carbocycles. The molecule has 1 aromatic heterocycles. The summed E-state index contributed by atoms with van der Waals surface area (Å²) in [5.41, 5.74) is 0. The molecule has 0 atom stereocenters. The molecule has 0 fully saturated rings. The van der Waals surface area contributed by atoms with Gasteiger partial charge in [0.2, 0.25) is 0 Å². The summed E-state index contributed by atoms with van der Waals surface area (Å²) >= 11 is 4.02. The van der Waals surface area contributed by atoms with Crippen LogP contribution in [0.1, 0.15) is 9.67 Å². The second kappa shape index (κ2) is 6.31. The van der Waals surface area contributed by atoms with Crippen LogP contribution in [-0.4, -0.2) is 35.4 Å². The van der Waals surface area contributed by atoms with Gasteiger partial charge in [-0.25, -0.2) is 4.39 Å². The Hall–Kier alpha value is -1.15. The minimum absolute atomic E-state index is 0.0546. The Balaban J connectivity index is 2.29. The lowest BCUT2D eigenvalue weighted by Gasteiger charge is -2.22. The largest absolute Gasteiger partial charge is 0.406 e. The summed E-state index contributed by atoms with van der Waals surface area (Å²) in [5, 5.41) is 0.879. The normalized spacial score (nSPS) is 11.9. The number of fused-ring (bicyclic) bond motifs is 1. The maximum absolute atomic E-state index is 13.1. The van der Waals surface area contributed by atoms with E-state index in [2.05, 4.69) is 15.9 Å². The summed E-state index contributed by atoms with van der Waals surface area (Å²) in [6, 6.07) is 5.49. The molecule has 0 aliphatic rings. The average molecular weight is 384 g/mol. The highest BCUT2D eigenvalue weighted by Crippen LogP contribution is 2.28. The van der Waals surface area contributed by atoms with Gasteiger partial charge >= 0.3 is 6.18 Å². The molecular formula is C13H10BrF4NOS. The number of carbonyl (C=O) groups excluding carboxylic acids is 1. The van der Waals surface area contributed by atoms with Crippen LogP contribution in [-0.2, 0) is 0 Å². The second-order valence-corrected chi connectivity index (χ2v) is 6.20. The van der Waals surface area contributed by atoms with Gasteiger partial charge in [-0.3, -0.25) is 4.79 Å². The van der Waals surface area contributed by atoms with Crippen LogP contribution in [0, 0.1) is 5.82 Å². The molecule has 8 heteroatoms. The quantitative estimate of drug-likeness (QED) is 0.564. The van der Waals surface area contributed by atoms with Gasteiger partial charge in [-0.2, -0.15) is 13.2 Å². The van der Waals surface area contributed by atoms with E-state index in [4.69, 9.17) is 0 Å². The first-order valence-electron chi connectivity index (χ1n) is 5.91. The van der Waals surface area contributed by atoms with Crippen LogP contribution in [0.25, 0.3) is 10.1 Å². The number of alkyl halides is 4. The van der Waals surface area contributed by atoms with Crippen LogP contribution in [0.5, 0.6) is 0 Å². The highest BCUT2D eigenvalue weighted by Gasteiger charge is 2.33. The number of amides is 1. The molecule has 1 aromatic carbocycles. The molecule has 0 radical (unpaired) electrons. The lowest BCUT2D eigenvalue weighted by atomic mass is 10.2. The Bertz CT molecular complexity index is 655. The molecule has 21 heavy (non-hydrogen) atoms. The average Bonchev–Trinajstić information content (AvgIpc) is 2.78. The van der Waals surface area contributed by atoms with E-state index in [0.29, 0.717) is 10.1 Å². The first kappa shape index (κ1) is 16.2. The molecule has 0 aliphatic heterocycles. The van der Waals surface area contributed by atoms with Crippen molar-refractivity contribution in [3.8, 4) is 0 Å². The van der Waals surface area contributed by atoms with Gasteiger partial charge in [-0.15, -0.1) is 11.3 Å². The molecule has 0 saturated heterocycles. The van der Waals surface area contributed by atoms with Crippen molar-refractivity contribution in [2.75, 3.05) is 18.4 Å². The van der Waals surface area contributed by atoms with Gasteiger partial charge < -0.3 is 4.90 Å². The van der Waals surface area contributed by atoms with Crippen molar-refractivity contribution < 1.29 is 22.4 Å². The molecule has 0 N–H and O–H groups in total. The van der Waals surface area contributed by atoms with Crippen LogP contribution < -0.4 is 0 Å². The molecule has 0 saturated carbocycles. The van der Waals surface area contributed by atoms with Crippen molar-refractivity contribution in [3.63, 3.8) is 0 Å². The van der Waals surface area contributed by atoms with Crippen LogP contribution >= 0.6 is 27.3 Å². The van der Waals surface area contributed by atoms with Crippen LogP contribution in [0.2, 0.25) is 0 Å². The standard InChI is InChI=1S/C13H10BrF4NOS/c14-3-4-19(7-13(16,17)18)12(20)11-5-8-1-2-9(15)6-10(8)21-11/h1-2,5-6H,3-4,7H2. The van der Waals surface area contributed by atoms with Gasteiger partial charge in [-0.05, 0) is 23.6 Å². The zero-order valence-electron chi connectivity index (χ0n) is 10.6. The summed E-state index contributed by atoms with van der Waals surface area (Å²) in [6.07, 6.45) is -4.46. The van der Waals surface area contributed by atoms with E-state index in [-0.39, 0.29) is 16.8 Å². The van der Waals surface area contributed by atoms with E-state index in [1.807, 2.05) is 0 Å². The number of rotatable bonds is 4. The number of thiophene rings is 1. The van der Waals surface area contributed by atoms with E-state index in [0.717, 1.165) is 16.2 Å². The van der Waals surface area contributed by atoms with Crippen molar-refractivity contribution >= 4 is 43.3 Å². The third kappa shape index (κ3) is 4.16. The number of nitrogens with zero attached hydrogens (tertiary/aromatic N) is 1. The smallest absolute Gasteiger partial charge is 0.328 e. The summed E-state index contributed by atoms with van der Waals surface area (Å²) in [5.74, 6) is -1.15. The molecule has 114 valence electrons. The lowest BCUT2D eigenvalue weighted by Crippen LogP contribution is -2.39. The van der Waals surface area contributed by atoms with Gasteiger partial charge in [0.05, 0.1) is 4.88 Å². The van der Waals surface area contributed by atoms with Crippen LogP contribution in [0.15, 0.2) is 24.3 Å². The molecular weight excluding hydrogens is 374 g/mol. The Morgan fingerprint density at radius 2 is 2.00 bits per heavy atom. The third-order valence-electron chi connectivity index (χ3n) is 2.70. The van der Waals surface area contributed by atoms with E-state index in [9.17, 15) is 22.4 Å². The Morgan fingerprint density at radius 1 is 1.29 bits per heavy atom. The fourth-order valence-corrected chi connectivity index (χ4v) is 3.32. The van der Waals surface area contributed by atoms with Gasteiger partial charge in [0.25, 0.3) is 5.91 Å². The summed E-state index contributed by atoms with van der Waals surface area (Å²) in [6.45, 7) is -1.36. The minimum Gasteiger partial charge on any atom is -0.328 e. The number of hydrogen-bond acceptors (Lipinski definition) is 2. The molecule has 0 bridgehead atoms. The Labute approximate surface area is 130 Å². The minimum atomic E-state index is -4.46. The van der Waals surface area contributed by atoms with E-state index in [1.54, 1.807) is 0 Å². The fourth-order valence-electron chi connectivity index (χ4n) is 1.84. The zero-order valence-corrected chi connectivity index (χ0v) is 13.0. The number of hydrogen-bond donors (Lipinski definition) is 0. The lowest BCUT2D eigenvalue weighted by molar-refractivity contribution is -0.140. The zero-order chi connectivity index (χ0) is 15.6. The molecule has 1 amide bonds.